The fraction of sp³-hybridized carbons (Fsp3) is 0.0385. The van der Waals surface area contributed by atoms with Crippen LogP contribution in [0, 0.1) is 0 Å². The van der Waals surface area contributed by atoms with Gasteiger partial charge in [0, 0.05) is 38.5 Å². The van der Waals surface area contributed by atoms with E-state index in [1.54, 1.807) is 42.6 Å². The number of anilines is 1. The summed E-state index contributed by atoms with van der Waals surface area (Å²) in [6.07, 6.45) is 3.63. The third-order valence-electron chi connectivity index (χ3n) is 5.13. The van der Waals surface area contributed by atoms with E-state index in [0.29, 0.717) is 43.7 Å². The predicted molar refractivity (Wildman–Crippen MR) is 140 cm³/mol. The summed E-state index contributed by atoms with van der Waals surface area (Å²) in [4.78, 5) is 30.4. The number of halogens is 2. The summed E-state index contributed by atoms with van der Waals surface area (Å²) in [6, 6.07) is 21.1. The molecule has 1 heterocycles. The second-order valence-electron chi connectivity index (χ2n) is 7.37. The molecule has 2 amide bonds. The number of aromatic nitrogens is 1. The van der Waals surface area contributed by atoms with E-state index in [1.807, 2.05) is 36.6 Å². The van der Waals surface area contributed by atoms with Gasteiger partial charge in [0.15, 0.2) is 0 Å². The molecule has 3 N–H and O–H groups in total. The van der Waals surface area contributed by atoms with Gasteiger partial charge in [0.2, 0.25) is 5.91 Å². The molecular formula is C26H19Cl2N3O2S. The Morgan fingerprint density at radius 3 is 2.47 bits per heavy atom. The van der Waals surface area contributed by atoms with Gasteiger partial charge in [0.25, 0.3) is 5.91 Å². The van der Waals surface area contributed by atoms with E-state index in [2.05, 4.69) is 10.3 Å². The number of primary amides is 1. The molecule has 0 aliphatic rings. The van der Waals surface area contributed by atoms with Crippen molar-refractivity contribution in [3.05, 3.63) is 100 Å². The van der Waals surface area contributed by atoms with Gasteiger partial charge >= 0.3 is 0 Å². The molecule has 0 saturated carbocycles. The Kier molecular flexibility index (Phi) is 7.22. The highest BCUT2D eigenvalue weighted by atomic mass is 35.5. The molecule has 170 valence electrons. The molecule has 0 saturated heterocycles. The molecule has 0 atom stereocenters. The maximum atomic E-state index is 13.4. The third-order valence-corrected chi connectivity index (χ3v) is 6.40. The van der Waals surface area contributed by atoms with Gasteiger partial charge in [-0.3, -0.25) is 14.6 Å². The third kappa shape index (κ3) is 5.25. The molecule has 0 radical (unpaired) electrons. The summed E-state index contributed by atoms with van der Waals surface area (Å²) in [7, 11) is 0. The van der Waals surface area contributed by atoms with E-state index in [1.165, 1.54) is 17.8 Å². The van der Waals surface area contributed by atoms with Gasteiger partial charge in [-0.25, -0.2) is 0 Å². The topological polar surface area (TPSA) is 85.1 Å². The highest BCUT2D eigenvalue weighted by Gasteiger charge is 2.17. The Hall–Kier alpha value is -3.32. The Morgan fingerprint density at radius 1 is 0.941 bits per heavy atom. The molecule has 8 heteroatoms. The molecule has 0 bridgehead atoms. The van der Waals surface area contributed by atoms with E-state index in [-0.39, 0.29) is 11.5 Å². The summed E-state index contributed by atoms with van der Waals surface area (Å²) in [5.74, 6) is -0.920. The first kappa shape index (κ1) is 23.8. The lowest BCUT2D eigenvalue weighted by Crippen LogP contribution is -2.14. The van der Waals surface area contributed by atoms with Crippen molar-refractivity contribution < 1.29 is 9.59 Å². The zero-order chi connectivity index (χ0) is 24.2. The fourth-order valence-corrected chi connectivity index (χ4v) is 4.38. The lowest BCUT2D eigenvalue weighted by molar-refractivity contribution is 0.0998. The summed E-state index contributed by atoms with van der Waals surface area (Å²) < 4.78 is 0. The van der Waals surface area contributed by atoms with Crippen LogP contribution >= 0.6 is 35.0 Å². The first-order valence-electron chi connectivity index (χ1n) is 10.2. The lowest BCUT2D eigenvalue weighted by Gasteiger charge is -2.14. The molecule has 0 spiro atoms. The van der Waals surface area contributed by atoms with E-state index >= 15 is 0 Å². The average Bonchev–Trinajstić information content (AvgIpc) is 2.84. The van der Waals surface area contributed by atoms with Crippen LogP contribution < -0.4 is 11.1 Å². The monoisotopic (exact) mass is 507 g/mol. The quantitative estimate of drug-likeness (QED) is 0.281. The lowest BCUT2D eigenvalue weighted by atomic mass is 9.97. The predicted octanol–water partition coefficient (Wildman–Crippen LogP) is 6.80. The smallest absolute Gasteiger partial charge is 0.256 e. The molecule has 34 heavy (non-hydrogen) atoms. The first-order valence-corrected chi connectivity index (χ1v) is 12.1. The molecule has 1 aromatic heterocycles. The SMILES string of the molecule is CSc1ccc(C(=O)Nc2ccc(Cl)c(-c3ccccn3)c2)c(-c2cc(Cl)cc(C(N)=O)c2)c1. The Bertz CT molecular complexity index is 1390. The number of pyridine rings is 1. The second-order valence-corrected chi connectivity index (χ2v) is 9.09. The van der Waals surface area contributed by atoms with Gasteiger partial charge in [-0.1, -0.05) is 29.3 Å². The minimum atomic E-state index is -0.598. The van der Waals surface area contributed by atoms with Crippen molar-refractivity contribution in [2.45, 2.75) is 4.90 Å². The number of benzene rings is 3. The Labute approximate surface area is 211 Å². The molecule has 0 unspecified atom stereocenters. The van der Waals surface area contributed by atoms with E-state index < -0.39 is 5.91 Å². The van der Waals surface area contributed by atoms with Crippen LogP contribution in [0.4, 0.5) is 5.69 Å². The molecular weight excluding hydrogens is 489 g/mol. The zero-order valence-electron chi connectivity index (χ0n) is 18.0. The van der Waals surface area contributed by atoms with Crippen molar-refractivity contribution in [1.29, 1.82) is 0 Å². The number of carbonyl (C=O) groups is 2. The number of hydrogen-bond acceptors (Lipinski definition) is 4. The minimum absolute atomic E-state index is 0.265. The van der Waals surface area contributed by atoms with E-state index in [9.17, 15) is 9.59 Å². The van der Waals surface area contributed by atoms with Crippen molar-refractivity contribution in [3.8, 4) is 22.4 Å². The summed E-state index contributed by atoms with van der Waals surface area (Å²) >= 11 is 14.2. The van der Waals surface area contributed by atoms with Crippen LogP contribution in [0.3, 0.4) is 0 Å². The number of hydrogen-bond donors (Lipinski definition) is 2. The van der Waals surface area contributed by atoms with Crippen LogP contribution in [0.15, 0.2) is 83.9 Å². The standard InChI is InChI=1S/C26H19Cl2N3O2S/c1-34-19-6-7-20(21(14-19)15-10-16(25(29)32)12-17(27)11-15)26(33)31-18-5-8-23(28)22(13-18)24-4-2-3-9-30-24/h2-14H,1H3,(H2,29,32)(H,31,33). The van der Waals surface area contributed by atoms with Crippen molar-refractivity contribution in [2.24, 2.45) is 5.73 Å². The summed E-state index contributed by atoms with van der Waals surface area (Å²) in [5, 5.41) is 3.82. The average molecular weight is 508 g/mol. The van der Waals surface area contributed by atoms with Gasteiger partial charge in [-0.05, 0) is 84.1 Å². The number of thioether (sulfide) groups is 1. The van der Waals surface area contributed by atoms with Gasteiger partial charge < -0.3 is 11.1 Å². The van der Waals surface area contributed by atoms with Crippen LogP contribution in [0.1, 0.15) is 20.7 Å². The Balaban J connectivity index is 1.74. The van der Waals surface area contributed by atoms with Gasteiger partial charge in [-0.15, -0.1) is 11.8 Å². The van der Waals surface area contributed by atoms with Gasteiger partial charge in [-0.2, -0.15) is 0 Å². The molecule has 0 fully saturated rings. The number of carbonyl (C=O) groups excluding carboxylic acids is 2. The molecule has 4 aromatic rings. The van der Waals surface area contributed by atoms with E-state index in [4.69, 9.17) is 28.9 Å². The highest BCUT2D eigenvalue weighted by Crippen LogP contribution is 2.33. The Morgan fingerprint density at radius 2 is 1.76 bits per heavy atom. The normalized spacial score (nSPS) is 10.7. The van der Waals surface area contributed by atoms with Crippen molar-refractivity contribution in [3.63, 3.8) is 0 Å². The van der Waals surface area contributed by atoms with Crippen LogP contribution in [0.2, 0.25) is 10.0 Å². The largest absolute Gasteiger partial charge is 0.366 e. The maximum Gasteiger partial charge on any atom is 0.256 e. The van der Waals surface area contributed by atoms with Crippen LogP contribution in [0.25, 0.3) is 22.4 Å². The second kappa shape index (κ2) is 10.3. The molecule has 0 aliphatic carbocycles. The van der Waals surface area contributed by atoms with Crippen LogP contribution in [-0.4, -0.2) is 23.1 Å². The number of nitrogens with two attached hydrogens (primary N) is 1. The highest BCUT2D eigenvalue weighted by molar-refractivity contribution is 7.98. The molecule has 5 nitrogen and oxygen atoms in total. The number of rotatable bonds is 6. The van der Waals surface area contributed by atoms with Gasteiger partial charge in [0.05, 0.1) is 10.7 Å². The number of nitrogens with zero attached hydrogens (tertiary/aromatic N) is 1. The first-order chi connectivity index (χ1) is 16.4. The molecule has 3 aromatic carbocycles. The maximum absolute atomic E-state index is 13.4. The molecule has 4 rings (SSSR count). The summed E-state index contributed by atoms with van der Waals surface area (Å²) in [6.45, 7) is 0. The van der Waals surface area contributed by atoms with Crippen LogP contribution in [0.5, 0.6) is 0 Å². The van der Waals surface area contributed by atoms with E-state index in [0.717, 1.165) is 4.90 Å². The number of nitrogens with one attached hydrogen (secondary N) is 1. The van der Waals surface area contributed by atoms with Crippen molar-refractivity contribution >= 4 is 52.5 Å². The number of amides is 2. The zero-order valence-corrected chi connectivity index (χ0v) is 20.3. The van der Waals surface area contributed by atoms with Crippen molar-refractivity contribution in [2.75, 3.05) is 11.6 Å². The minimum Gasteiger partial charge on any atom is -0.366 e. The molecule has 0 aliphatic heterocycles. The van der Waals surface area contributed by atoms with Crippen molar-refractivity contribution in [1.82, 2.24) is 4.98 Å². The fourth-order valence-electron chi connectivity index (χ4n) is 3.49. The van der Waals surface area contributed by atoms with Gasteiger partial charge in [0.1, 0.15) is 0 Å². The summed E-state index contributed by atoms with van der Waals surface area (Å²) in [5.41, 5.74) is 9.38. The van der Waals surface area contributed by atoms with Crippen LogP contribution in [-0.2, 0) is 0 Å².